The van der Waals surface area contributed by atoms with Gasteiger partial charge in [0.25, 0.3) is 0 Å². The lowest BCUT2D eigenvalue weighted by molar-refractivity contribution is 0.0713. The van der Waals surface area contributed by atoms with Gasteiger partial charge in [-0.25, -0.2) is 0 Å². The summed E-state index contributed by atoms with van der Waals surface area (Å²) in [4.78, 5) is 0. The molecule has 1 fully saturated rings. The zero-order valence-electron chi connectivity index (χ0n) is 10.5. The Morgan fingerprint density at radius 1 is 1.20 bits per heavy atom. The van der Waals surface area contributed by atoms with Crippen LogP contribution in [0.4, 0.5) is 0 Å². The zero-order chi connectivity index (χ0) is 11.3. The van der Waals surface area contributed by atoms with E-state index in [2.05, 4.69) is 26.1 Å². The molecule has 0 heterocycles. The van der Waals surface area contributed by atoms with Gasteiger partial charge in [-0.15, -0.1) is 0 Å². The van der Waals surface area contributed by atoms with E-state index in [-0.39, 0.29) is 6.10 Å². The van der Waals surface area contributed by atoms with Crippen LogP contribution in [0.3, 0.4) is 0 Å². The Labute approximate surface area is 94.5 Å². The maximum atomic E-state index is 10.0. The lowest BCUT2D eigenvalue weighted by Crippen LogP contribution is -2.37. The van der Waals surface area contributed by atoms with Crippen molar-refractivity contribution in [2.75, 3.05) is 6.54 Å². The fraction of sp³-hybridized carbons (Fsp3) is 1.00. The van der Waals surface area contributed by atoms with Crippen LogP contribution >= 0.6 is 0 Å². The van der Waals surface area contributed by atoms with Crippen molar-refractivity contribution in [3.63, 3.8) is 0 Å². The average molecular weight is 213 g/mol. The molecule has 2 heteroatoms. The summed E-state index contributed by atoms with van der Waals surface area (Å²) in [5.74, 6) is 1.46. The van der Waals surface area contributed by atoms with E-state index in [0.717, 1.165) is 12.5 Å². The minimum Gasteiger partial charge on any atom is -0.392 e. The first-order valence-electron chi connectivity index (χ1n) is 6.55. The summed E-state index contributed by atoms with van der Waals surface area (Å²) in [5, 5.41) is 13.3. The molecule has 0 amide bonds. The second-order valence-electron chi connectivity index (χ2n) is 5.32. The molecule has 2 nitrogen and oxygen atoms in total. The average Bonchev–Trinajstić information content (AvgIpc) is 2.26. The third kappa shape index (κ3) is 4.52. The first-order valence-corrected chi connectivity index (χ1v) is 6.55. The molecular weight excluding hydrogens is 186 g/mol. The van der Waals surface area contributed by atoms with E-state index in [4.69, 9.17) is 0 Å². The van der Waals surface area contributed by atoms with E-state index in [1.165, 1.54) is 32.1 Å². The molecule has 2 N–H and O–H groups in total. The fourth-order valence-electron chi connectivity index (χ4n) is 2.50. The van der Waals surface area contributed by atoms with Gasteiger partial charge in [-0.05, 0) is 24.7 Å². The number of hydrogen-bond acceptors (Lipinski definition) is 2. The van der Waals surface area contributed by atoms with Gasteiger partial charge in [-0.3, -0.25) is 0 Å². The van der Waals surface area contributed by atoms with Crippen molar-refractivity contribution < 1.29 is 5.11 Å². The summed E-state index contributed by atoms with van der Waals surface area (Å²) >= 11 is 0. The molecule has 0 bridgehead atoms. The maximum Gasteiger partial charge on any atom is 0.0692 e. The van der Waals surface area contributed by atoms with E-state index in [0.29, 0.717) is 12.0 Å². The van der Waals surface area contributed by atoms with E-state index in [1.54, 1.807) is 0 Å². The lowest BCUT2D eigenvalue weighted by atomic mass is 9.78. The van der Waals surface area contributed by atoms with Gasteiger partial charge < -0.3 is 10.4 Å². The number of rotatable bonds is 5. The summed E-state index contributed by atoms with van der Waals surface area (Å²) < 4.78 is 0. The monoisotopic (exact) mass is 213 g/mol. The van der Waals surface area contributed by atoms with Gasteiger partial charge >= 0.3 is 0 Å². The van der Waals surface area contributed by atoms with Crippen LogP contribution in [0, 0.1) is 11.8 Å². The predicted octanol–water partition coefficient (Wildman–Crippen LogP) is 2.56. The number of hydrogen-bond donors (Lipinski definition) is 2. The predicted molar refractivity (Wildman–Crippen MR) is 64.9 cm³/mol. The summed E-state index contributed by atoms with van der Waals surface area (Å²) in [7, 11) is 0. The van der Waals surface area contributed by atoms with Gasteiger partial charge in [0.05, 0.1) is 6.10 Å². The Hall–Kier alpha value is -0.0800. The molecule has 1 saturated carbocycles. The molecule has 1 aliphatic rings. The van der Waals surface area contributed by atoms with Crippen molar-refractivity contribution in [3.05, 3.63) is 0 Å². The Morgan fingerprint density at radius 2 is 1.80 bits per heavy atom. The third-order valence-corrected chi connectivity index (χ3v) is 3.75. The fourth-order valence-corrected chi connectivity index (χ4v) is 2.50. The summed E-state index contributed by atoms with van der Waals surface area (Å²) in [5.41, 5.74) is 0. The third-order valence-electron chi connectivity index (χ3n) is 3.75. The molecule has 1 aliphatic carbocycles. The molecular formula is C13H27NO. The molecule has 1 rings (SSSR count). The van der Waals surface area contributed by atoms with Gasteiger partial charge in [0, 0.05) is 12.6 Å². The van der Waals surface area contributed by atoms with Gasteiger partial charge in [0.15, 0.2) is 0 Å². The van der Waals surface area contributed by atoms with Gasteiger partial charge in [-0.2, -0.15) is 0 Å². The van der Waals surface area contributed by atoms with Crippen molar-refractivity contribution in [2.24, 2.45) is 11.8 Å². The minimum atomic E-state index is -0.134. The minimum absolute atomic E-state index is 0.134. The molecule has 0 spiro atoms. The quantitative estimate of drug-likeness (QED) is 0.735. The largest absolute Gasteiger partial charge is 0.392 e. The standard InChI is InChI=1S/C13H27NO/c1-4-11-5-7-12(8-6-11)13(15)9-14-10(2)3/h10-15H,4-9H2,1-3H3. The molecule has 0 aliphatic heterocycles. The second kappa shape index (κ2) is 6.49. The van der Waals surface area contributed by atoms with Gasteiger partial charge in [0.2, 0.25) is 0 Å². The van der Waals surface area contributed by atoms with Crippen molar-refractivity contribution in [2.45, 2.75) is 65.0 Å². The molecule has 0 aromatic heterocycles. The van der Waals surface area contributed by atoms with Crippen LogP contribution in [0.2, 0.25) is 0 Å². The van der Waals surface area contributed by atoms with Gasteiger partial charge in [-0.1, -0.05) is 40.0 Å². The van der Waals surface area contributed by atoms with Crippen molar-refractivity contribution >= 4 is 0 Å². The van der Waals surface area contributed by atoms with E-state index in [9.17, 15) is 5.11 Å². The van der Waals surface area contributed by atoms with Crippen molar-refractivity contribution in [1.82, 2.24) is 5.32 Å². The Bertz CT molecular complexity index is 162. The topological polar surface area (TPSA) is 32.3 Å². The number of nitrogens with one attached hydrogen (secondary N) is 1. The Kier molecular flexibility index (Phi) is 5.62. The van der Waals surface area contributed by atoms with E-state index < -0.39 is 0 Å². The molecule has 1 unspecified atom stereocenters. The first kappa shape index (κ1) is 13.0. The number of aliphatic hydroxyl groups is 1. The molecule has 0 saturated heterocycles. The molecule has 0 radical (unpaired) electrons. The van der Waals surface area contributed by atoms with Crippen molar-refractivity contribution in [1.29, 1.82) is 0 Å². The highest BCUT2D eigenvalue weighted by molar-refractivity contribution is 4.78. The van der Waals surface area contributed by atoms with Crippen LogP contribution in [-0.4, -0.2) is 23.8 Å². The molecule has 15 heavy (non-hydrogen) atoms. The summed E-state index contributed by atoms with van der Waals surface area (Å²) in [6.45, 7) is 7.29. The smallest absolute Gasteiger partial charge is 0.0692 e. The molecule has 0 aromatic carbocycles. The highest BCUT2D eigenvalue weighted by atomic mass is 16.3. The van der Waals surface area contributed by atoms with Crippen LogP contribution in [0.15, 0.2) is 0 Å². The van der Waals surface area contributed by atoms with Gasteiger partial charge in [0.1, 0.15) is 0 Å². The van der Waals surface area contributed by atoms with Crippen LogP contribution in [0.5, 0.6) is 0 Å². The van der Waals surface area contributed by atoms with E-state index >= 15 is 0 Å². The van der Waals surface area contributed by atoms with Crippen LogP contribution in [-0.2, 0) is 0 Å². The first-order chi connectivity index (χ1) is 7.13. The van der Waals surface area contributed by atoms with Crippen LogP contribution in [0.25, 0.3) is 0 Å². The summed E-state index contributed by atoms with van der Waals surface area (Å²) in [6, 6.07) is 0.478. The summed E-state index contributed by atoms with van der Waals surface area (Å²) in [6.07, 6.45) is 6.26. The van der Waals surface area contributed by atoms with E-state index in [1.807, 2.05) is 0 Å². The Balaban J connectivity index is 2.20. The number of aliphatic hydroxyl groups excluding tert-OH is 1. The SMILES string of the molecule is CCC1CCC(C(O)CNC(C)C)CC1. The lowest BCUT2D eigenvalue weighted by Gasteiger charge is -2.31. The highest BCUT2D eigenvalue weighted by Gasteiger charge is 2.25. The second-order valence-corrected chi connectivity index (χ2v) is 5.32. The Morgan fingerprint density at radius 3 is 2.27 bits per heavy atom. The molecule has 1 atom stereocenters. The maximum absolute atomic E-state index is 10.0. The normalized spacial score (nSPS) is 29.4. The van der Waals surface area contributed by atoms with Crippen LogP contribution < -0.4 is 5.32 Å². The van der Waals surface area contributed by atoms with Crippen molar-refractivity contribution in [3.8, 4) is 0 Å². The van der Waals surface area contributed by atoms with Crippen LogP contribution in [0.1, 0.15) is 52.9 Å². The highest BCUT2D eigenvalue weighted by Crippen LogP contribution is 2.32. The molecule has 0 aromatic rings. The molecule has 90 valence electrons. The zero-order valence-corrected chi connectivity index (χ0v) is 10.5.